The first-order valence-electron chi connectivity index (χ1n) is 7.89. The van der Waals surface area contributed by atoms with E-state index in [0.29, 0.717) is 0 Å². The van der Waals surface area contributed by atoms with E-state index in [0.717, 1.165) is 18.2 Å². The summed E-state index contributed by atoms with van der Waals surface area (Å²) in [6, 6.07) is 11.8. The predicted octanol–water partition coefficient (Wildman–Crippen LogP) is 5.89. The molecule has 0 aliphatic rings. The number of aromatic hydroxyl groups is 2. The highest BCUT2D eigenvalue weighted by molar-refractivity contribution is 7.87. The molecule has 3 N–H and O–H groups in total. The van der Waals surface area contributed by atoms with Gasteiger partial charge < -0.3 is 10.2 Å². The molecule has 10 heteroatoms. The molecule has 0 amide bonds. The Morgan fingerprint density at radius 2 is 1.24 bits per heavy atom. The summed E-state index contributed by atoms with van der Waals surface area (Å²) >= 11 is 24.7. The lowest BCUT2D eigenvalue weighted by Crippen LogP contribution is -2.39. The third kappa shape index (κ3) is 3.65. The van der Waals surface area contributed by atoms with Gasteiger partial charge in [-0.3, -0.25) is 4.55 Å². The molecule has 0 heterocycles. The van der Waals surface area contributed by atoms with Gasteiger partial charge in [-0.1, -0.05) is 64.6 Å². The number of hydrogen-bond donors (Lipinski definition) is 3. The Labute approximate surface area is 186 Å². The van der Waals surface area contributed by atoms with Gasteiger partial charge in [-0.25, -0.2) is 0 Å². The van der Waals surface area contributed by atoms with Crippen molar-refractivity contribution < 1.29 is 23.2 Å². The lowest BCUT2D eigenvalue weighted by molar-refractivity contribution is 0.455. The van der Waals surface area contributed by atoms with Gasteiger partial charge in [0.15, 0.2) is 10.5 Å². The third-order valence-electron chi connectivity index (χ3n) is 4.38. The van der Waals surface area contributed by atoms with Crippen molar-refractivity contribution in [1.29, 1.82) is 0 Å². The van der Waals surface area contributed by atoms with Crippen LogP contribution in [-0.2, 0) is 14.9 Å². The van der Waals surface area contributed by atoms with Crippen LogP contribution >= 0.6 is 46.4 Å². The van der Waals surface area contributed by atoms with Crippen LogP contribution in [0.4, 0.5) is 0 Å². The molecule has 1 atom stereocenters. The molecule has 0 bridgehead atoms. The molecular formula is C19H12Cl4O5S. The van der Waals surface area contributed by atoms with Gasteiger partial charge in [-0.15, -0.1) is 0 Å². The topological polar surface area (TPSA) is 94.8 Å². The van der Waals surface area contributed by atoms with E-state index in [1.807, 2.05) is 0 Å². The second-order valence-corrected chi connectivity index (χ2v) is 9.28. The van der Waals surface area contributed by atoms with E-state index in [1.165, 1.54) is 36.4 Å². The molecule has 0 aliphatic heterocycles. The van der Waals surface area contributed by atoms with Gasteiger partial charge in [-0.2, -0.15) is 8.42 Å². The fourth-order valence-electron chi connectivity index (χ4n) is 3.21. The minimum atomic E-state index is -5.07. The molecule has 3 aromatic carbocycles. The van der Waals surface area contributed by atoms with Crippen LogP contribution < -0.4 is 0 Å². The smallest absolute Gasteiger partial charge is 0.283 e. The fraction of sp³-hybridized carbons (Fsp3) is 0.0526. The van der Waals surface area contributed by atoms with E-state index >= 15 is 0 Å². The normalized spacial score (nSPS) is 13.8. The molecule has 29 heavy (non-hydrogen) atoms. The predicted molar refractivity (Wildman–Crippen MR) is 114 cm³/mol. The zero-order valence-corrected chi connectivity index (χ0v) is 18.1. The second kappa shape index (κ2) is 7.87. The van der Waals surface area contributed by atoms with E-state index in [-0.39, 0.29) is 42.5 Å². The second-order valence-electron chi connectivity index (χ2n) is 6.09. The SMILES string of the molecule is O=S(=O)(O)C(c1cccc(O)c1)(c1cc(Cl)c(O)c(Cl)c1)c1c(Cl)cccc1Cl. The van der Waals surface area contributed by atoms with E-state index in [9.17, 15) is 23.2 Å². The molecule has 0 saturated heterocycles. The van der Waals surface area contributed by atoms with Crippen molar-refractivity contribution in [1.82, 2.24) is 0 Å². The molecule has 152 valence electrons. The standard InChI is InChI=1S/C19H12Cl4O5S/c20-13-5-2-6-14(21)17(13)19(29(26,27)28,10-3-1-4-12(24)7-10)11-8-15(22)18(25)16(23)9-11/h1-9,24-25H,(H,26,27,28). The van der Waals surface area contributed by atoms with Crippen molar-refractivity contribution in [3.05, 3.63) is 91.4 Å². The summed E-state index contributed by atoms with van der Waals surface area (Å²) in [6.07, 6.45) is 0. The Balaban J connectivity index is 2.63. The van der Waals surface area contributed by atoms with Crippen molar-refractivity contribution in [2.45, 2.75) is 4.75 Å². The van der Waals surface area contributed by atoms with Gasteiger partial charge in [0.1, 0.15) is 5.75 Å². The molecule has 0 fully saturated rings. The molecule has 1 unspecified atom stereocenters. The van der Waals surface area contributed by atoms with Crippen molar-refractivity contribution in [3.8, 4) is 11.5 Å². The Bertz CT molecular complexity index is 1170. The highest BCUT2D eigenvalue weighted by Gasteiger charge is 2.51. The van der Waals surface area contributed by atoms with Crippen LogP contribution in [0.15, 0.2) is 54.6 Å². The van der Waals surface area contributed by atoms with Crippen LogP contribution in [0.5, 0.6) is 11.5 Å². The highest BCUT2D eigenvalue weighted by atomic mass is 35.5. The minimum absolute atomic E-state index is 0.0706. The zero-order valence-electron chi connectivity index (χ0n) is 14.3. The van der Waals surface area contributed by atoms with Gasteiger partial charge in [0.2, 0.25) is 0 Å². The quantitative estimate of drug-likeness (QED) is 0.311. The zero-order chi connectivity index (χ0) is 21.6. The monoisotopic (exact) mass is 492 g/mol. The summed E-state index contributed by atoms with van der Waals surface area (Å²) in [5, 5.41) is 19.3. The molecule has 0 radical (unpaired) electrons. The summed E-state index contributed by atoms with van der Waals surface area (Å²) in [4.78, 5) is 0. The number of phenolic OH excluding ortho intramolecular Hbond substituents is 2. The Morgan fingerprint density at radius 3 is 1.72 bits per heavy atom. The molecule has 0 aromatic heterocycles. The van der Waals surface area contributed by atoms with E-state index in [1.54, 1.807) is 0 Å². The lowest BCUT2D eigenvalue weighted by Gasteiger charge is -2.34. The summed E-state index contributed by atoms with van der Waals surface area (Å²) in [5.74, 6) is -0.739. The van der Waals surface area contributed by atoms with Crippen LogP contribution in [0.2, 0.25) is 20.1 Å². The van der Waals surface area contributed by atoms with Crippen molar-refractivity contribution in [2.24, 2.45) is 0 Å². The van der Waals surface area contributed by atoms with Crippen LogP contribution in [0, 0.1) is 0 Å². The van der Waals surface area contributed by atoms with Crippen LogP contribution in [0.25, 0.3) is 0 Å². The molecule has 3 rings (SSSR count). The Kier molecular flexibility index (Phi) is 5.98. The first kappa shape index (κ1) is 22.0. The number of halogens is 4. The summed E-state index contributed by atoms with van der Waals surface area (Å²) in [7, 11) is -5.07. The van der Waals surface area contributed by atoms with Crippen molar-refractivity contribution >= 4 is 56.5 Å². The number of rotatable bonds is 4. The van der Waals surface area contributed by atoms with Crippen LogP contribution in [-0.4, -0.2) is 23.2 Å². The van der Waals surface area contributed by atoms with E-state index < -0.39 is 20.6 Å². The maximum atomic E-state index is 13.0. The molecule has 3 aromatic rings. The first-order valence-corrected chi connectivity index (χ1v) is 10.8. The van der Waals surface area contributed by atoms with Crippen molar-refractivity contribution in [3.63, 3.8) is 0 Å². The summed E-state index contributed by atoms with van der Waals surface area (Å²) in [5.41, 5.74) is -0.393. The number of hydrogen-bond acceptors (Lipinski definition) is 4. The Hall–Kier alpha value is -1.67. The molecular weight excluding hydrogens is 482 g/mol. The molecule has 0 saturated carbocycles. The maximum absolute atomic E-state index is 13.0. The number of benzene rings is 3. The maximum Gasteiger partial charge on any atom is 0.283 e. The average Bonchev–Trinajstić information content (AvgIpc) is 2.61. The van der Waals surface area contributed by atoms with Crippen LogP contribution in [0.3, 0.4) is 0 Å². The summed E-state index contributed by atoms with van der Waals surface area (Å²) in [6.45, 7) is 0. The first-order chi connectivity index (χ1) is 13.5. The van der Waals surface area contributed by atoms with E-state index in [2.05, 4.69) is 0 Å². The average molecular weight is 494 g/mol. The number of phenols is 2. The van der Waals surface area contributed by atoms with Gasteiger partial charge in [0.05, 0.1) is 10.0 Å². The summed E-state index contributed by atoms with van der Waals surface area (Å²) < 4.78 is 34.1. The van der Waals surface area contributed by atoms with Gasteiger partial charge in [0.25, 0.3) is 10.1 Å². The fourth-order valence-corrected chi connectivity index (χ4v) is 5.81. The largest absolute Gasteiger partial charge is 0.508 e. The van der Waals surface area contributed by atoms with E-state index in [4.69, 9.17) is 46.4 Å². The molecule has 0 spiro atoms. The lowest BCUT2D eigenvalue weighted by atomic mass is 9.83. The Morgan fingerprint density at radius 1 is 0.724 bits per heavy atom. The van der Waals surface area contributed by atoms with Crippen molar-refractivity contribution in [2.75, 3.05) is 0 Å². The van der Waals surface area contributed by atoms with Gasteiger partial charge in [0, 0.05) is 15.6 Å². The third-order valence-corrected chi connectivity index (χ3v) is 7.03. The van der Waals surface area contributed by atoms with Gasteiger partial charge >= 0.3 is 0 Å². The minimum Gasteiger partial charge on any atom is -0.508 e. The van der Waals surface area contributed by atoms with Crippen LogP contribution in [0.1, 0.15) is 16.7 Å². The molecule has 5 nitrogen and oxygen atoms in total. The van der Waals surface area contributed by atoms with Gasteiger partial charge in [-0.05, 0) is 47.5 Å². The molecule has 0 aliphatic carbocycles. The highest BCUT2D eigenvalue weighted by Crippen LogP contribution is 2.51.